The molecular weight excluding hydrogens is 516 g/mol. The molecule has 0 atom stereocenters. The first-order valence-corrected chi connectivity index (χ1v) is 15.1. The maximum atomic E-state index is 2.46. The van der Waals surface area contributed by atoms with Crippen LogP contribution in [0.2, 0.25) is 0 Å². The molecule has 0 saturated heterocycles. The van der Waals surface area contributed by atoms with Crippen molar-refractivity contribution in [3.8, 4) is 44.5 Å². The van der Waals surface area contributed by atoms with Gasteiger partial charge in [-0.25, -0.2) is 0 Å². The van der Waals surface area contributed by atoms with E-state index in [4.69, 9.17) is 0 Å². The number of hydrogen-bond donors (Lipinski definition) is 0. The second-order valence-electron chi connectivity index (χ2n) is 11.7. The minimum absolute atomic E-state index is 0.987. The van der Waals surface area contributed by atoms with Crippen LogP contribution in [0.4, 0.5) is 0 Å². The van der Waals surface area contributed by atoms with Crippen LogP contribution < -0.4 is 0 Å². The molecule has 1 aliphatic rings. The third-order valence-corrected chi connectivity index (χ3v) is 9.29. The highest BCUT2D eigenvalue weighted by Gasteiger charge is 2.21. The Morgan fingerprint density at radius 1 is 0.279 bits per heavy atom. The van der Waals surface area contributed by atoms with Gasteiger partial charge in [0.15, 0.2) is 0 Å². The Morgan fingerprint density at radius 2 is 0.860 bits per heavy atom. The Balaban J connectivity index is 1.23. The molecule has 0 fully saturated rings. The molecule has 0 nitrogen and oxygen atoms in total. The molecule has 0 saturated carbocycles. The van der Waals surface area contributed by atoms with Crippen LogP contribution >= 0.6 is 0 Å². The van der Waals surface area contributed by atoms with Gasteiger partial charge >= 0.3 is 0 Å². The maximum absolute atomic E-state index is 2.46. The molecule has 0 aliphatic heterocycles. The Hall–Kier alpha value is -5.46. The van der Waals surface area contributed by atoms with E-state index in [1.54, 1.807) is 0 Å². The van der Waals surface area contributed by atoms with Gasteiger partial charge in [0.1, 0.15) is 0 Å². The zero-order valence-corrected chi connectivity index (χ0v) is 23.7. The smallest absolute Gasteiger partial charge is 0.00132 e. The topological polar surface area (TPSA) is 0 Å². The lowest BCUT2D eigenvalue weighted by Crippen LogP contribution is -1.90. The van der Waals surface area contributed by atoms with Crippen LogP contribution in [0.5, 0.6) is 0 Å². The van der Waals surface area contributed by atoms with E-state index in [1.807, 2.05) is 0 Å². The number of fused-ring (bicyclic) bond motifs is 6. The predicted octanol–water partition coefficient (Wildman–Crippen LogP) is 11.7. The number of benzene rings is 8. The van der Waals surface area contributed by atoms with E-state index < -0.39 is 0 Å². The molecule has 8 aromatic rings. The van der Waals surface area contributed by atoms with Crippen LogP contribution in [-0.2, 0) is 6.42 Å². The summed E-state index contributed by atoms with van der Waals surface area (Å²) < 4.78 is 0. The first kappa shape index (κ1) is 24.2. The summed E-state index contributed by atoms with van der Waals surface area (Å²) in [6.07, 6.45) is 0.987. The van der Waals surface area contributed by atoms with Gasteiger partial charge in [0.05, 0.1) is 0 Å². The Labute approximate surface area is 251 Å². The van der Waals surface area contributed by atoms with Crippen molar-refractivity contribution in [3.05, 3.63) is 169 Å². The molecule has 43 heavy (non-hydrogen) atoms. The lowest BCUT2D eigenvalue weighted by atomic mass is 9.88. The molecule has 0 amide bonds. The van der Waals surface area contributed by atoms with E-state index in [0.29, 0.717) is 0 Å². The van der Waals surface area contributed by atoms with Gasteiger partial charge in [-0.2, -0.15) is 0 Å². The van der Waals surface area contributed by atoms with Gasteiger partial charge in [-0.1, -0.05) is 140 Å². The monoisotopic (exact) mass is 544 g/mol. The highest BCUT2D eigenvalue weighted by atomic mass is 14.2. The summed E-state index contributed by atoms with van der Waals surface area (Å²) >= 11 is 0. The third kappa shape index (κ3) is 3.91. The Morgan fingerprint density at radius 3 is 1.70 bits per heavy atom. The molecule has 0 radical (unpaired) electrons. The van der Waals surface area contributed by atoms with Gasteiger partial charge in [-0.05, 0) is 113 Å². The summed E-state index contributed by atoms with van der Waals surface area (Å²) in [6.45, 7) is 0. The van der Waals surface area contributed by atoms with Gasteiger partial charge in [-0.3, -0.25) is 0 Å². The maximum Gasteiger partial charge on any atom is -0.00132 e. The summed E-state index contributed by atoms with van der Waals surface area (Å²) in [5.41, 5.74) is 13.2. The SMILES string of the molecule is c1ccc2c(c1)Cc1cc3c(-c4ccc(-c5cccc6ccccc56)cc4)ccc(-c4ccc5ccccc5c4)c3cc1-2. The fraction of sp³-hybridized carbons (Fsp3) is 0.0233. The zero-order chi connectivity index (χ0) is 28.3. The van der Waals surface area contributed by atoms with Crippen LogP contribution in [0.25, 0.3) is 76.8 Å². The molecular formula is C43H28. The molecule has 0 unspecified atom stereocenters. The molecule has 200 valence electrons. The normalized spacial score (nSPS) is 12.1. The molecule has 8 aromatic carbocycles. The van der Waals surface area contributed by atoms with Gasteiger partial charge in [0, 0.05) is 0 Å². The van der Waals surface area contributed by atoms with Crippen LogP contribution in [-0.4, -0.2) is 0 Å². The standard InChI is InChI=1S/C43H28/c1-2-10-32-24-34(21-16-28(32)8-1)40-23-22-39(42-26-35-25-33-11-4-6-14-38(33)41(35)27-43(40)42)31-19-17-30(18-20-31)37-15-7-12-29-9-3-5-13-36(29)37/h1-24,26-27H,25H2. The summed E-state index contributed by atoms with van der Waals surface area (Å²) in [5, 5.41) is 7.73. The molecule has 9 rings (SSSR count). The lowest BCUT2D eigenvalue weighted by molar-refractivity contribution is 1.27. The minimum Gasteiger partial charge on any atom is -0.0619 e. The second kappa shape index (κ2) is 9.54. The number of rotatable bonds is 3. The molecule has 0 N–H and O–H groups in total. The van der Waals surface area contributed by atoms with E-state index in [0.717, 1.165) is 6.42 Å². The van der Waals surface area contributed by atoms with E-state index >= 15 is 0 Å². The van der Waals surface area contributed by atoms with Crippen molar-refractivity contribution in [2.45, 2.75) is 6.42 Å². The van der Waals surface area contributed by atoms with Crippen molar-refractivity contribution in [2.24, 2.45) is 0 Å². The van der Waals surface area contributed by atoms with Gasteiger partial charge in [0.25, 0.3) is 0 Å². The summed E-state index contributed by atoms with van der Waals surface area (Å²) in [5.74, 6) is 0. The first-order chi connectivity index (χ1) is 21.3. The Bertz CT molecular complexity index is 2350. The average Bonchev–Trinajstić information content (AvgIpc) is 3.44. The minimum atomic E-state index is 0.987. The summed E-state index contributed by atoms with van der Waals surface area (Å²) in [7, 11) is 0. The van der Waals surface area contributed by atoms with Crippen molar-refractivity contribution < 1.29 is 0 Å². The highest BCUT2D eigenvalue weighted by Crippen LogP contribution is 2.44. The average molecular weight is 545 g/mol. The van der Waals surface area contributed by atoms with E-state index in [9.17, 15) is 0 Å². The molecule has 0 heterocycles. The van der Waals surface area contributed by atoms with Crippen molar-refractivity contribution in [2.75, 3.05) is 0 Å². The van der Waals surface area contributed by atoms with Gasteiger partial charge in [-0.15, -0.1) is 0 Å². The molecule has 0 aromatic heterocycles. The molecule has 0 bridgehead atoms. The third-order valence-electron chi connectivity index (χ3n) is 9.29. The van der Waals surface area contributed by atoms with Crippen LogP contribution in [0.3, 0.4) is 0 Å². The quantitative estimate of drug-likeness (QED) is 0.207. The van der Waals surface area contributed by atoms with E-state index in [-0.39, 0.29) is 0 Å². The van der Waals surface area contributed by atoms with Crippen molar-refractivity contribution in [1.29, 1.82) is 0 Å². The molecule has 1 aliphatic carbocycles. The van der Waals surface area contributed by atoms with Crippen molar-refractivity contribution in [3.63, 3.8) is 0 Å². The second-order valence-corrected chi connectivity index (χ2v) is 11.7. The predicted molar refractivity (Wildman–Crippen MR) is 184 cm³/mol. The number of hydrogen-bond acceptors (Lipinski definition) is 0. The summed E-state index contributed by atoms with van der Waals surface area (Å²) in [4.78, 5) is 0. The first-order valence-electron chi connectivity index (χ1n) is 15.1. The van der Waals surface area contributed by atoms with Gasteiger partial charge in [0.2, 0.25) is 0 Å². The highest BCUT2D eigenvalue weighted by molar-refractivity contribution is 6.08. The largest absolute Gasteiger partial charge is 0.0619 e. The lowest BCUT2D eigenvalue weighted by Gasteiger charge is -2.16. The zero-order valence-electron chi connectivity index (χ0n) is 23.7. The van der Waals surface area contributed by atoms with Crippen molar-refractivity contribution in [1.82, 2.24) is 0 Å². The van der Waals surface area contributed by atoms with Gasteiger partial charge < -0.3 is 0 Å². The fourth-order valence-corrected chi connectivity index (χ4v) is 7.14. The van der Waals surface area contributed by atoms with E-state index in [2.05, 4.69) is 158 Å². The van der Waals surface area contributed by atoms with Crippen LogP contribution in [0, 0.1) is 0 Å². The van der Waals surface area contributed by atoms with Crippen LogP contribution in [0.15, 0.2) is 158 Å². The van der Waals surface area contributed by atoms with E-state index in [1.165, 1.54) is 88.0 Å². The van der Waals surface area contributed by atoms with Crippen molar-refractivity contribution >= 4 is 32.3 Å². The fourth-order valence-electron chi connectivity index (χ4n) is 7.14. The van der Waals surface area contributed by atoms with Crippen LogP contribution in [0.1, 0.15) is 11.1 Å². The molecule has 0 heteroatoms. The molecule has 0 spiro atoms. The summed E-state index contributed by atoms with van der Waals surface area (Å²) in [6, 6.07) is 58.3. The Kier molecular flexibility index (Phi) is 5.36.